The van der Waals surface area contributed by atoms with Gasteiger partial charge in [-0.2, -0.15) is 0 Å². The topological polar surface area (TPSA) is 39.2 Å². The minimum absolute atomic E-state index is 0.370. The van der Waals surface area contributed by atoms with Crippen LogP contribution in [0.1, 0.15) is 17.4 Å². The Morgan fingerprint density at radius 3 is 2.56 bits per heavy atom. The summed E-state index contributed by atoms with van der Waals surface area (Å²) in [4.78, 5) is 0. The average Bonchev–Trinajstić information content (AvgIpc) is 2.63. The third-order valence-electron chi connectivity index (χ3n) is 2.22. The summed E-state index contributed by atoms with van der Waals surface area (Å²) in [6.07, 6.45) is 1.59. The predicted molar refractivity (Wildman–Crippen MR) is 71.6 cm³/mol. The Hall–Kier alpha value is -0.290. The quantitative estimate of drug-likeness (QED) is 0.851. The fourth-order valence-electron chi connectivity index (χ4n) is 1.42. The summed E-state index contributed by atoms with van der Waals surface area (Å²) in [6.45, 7) is 0. The van der Waals surface area contributed by atoms with Gasteiger partial charge in [-0.3, -0.25) is 0 Å². The molecule has 0 amide bonds. The van der Waals surface area contributed by atoms with Crippen molar-refractivity contribution < 1.29 is 4.42 Å². The molecule has 1 heterocycles. The first kappa shape index (κ1) is 12.2. The monoisotopic (exact) mass is 363 g/mol. The zero-order valence-corrected chi connectivity index (χ0v) is 12.0. The number of benzene rings is 1. The van der Waals surface area contributed by atoms with Gasteiger partial charge in [-0.1, -0.05) is 33.6 Å². The van der Waals surface area contributed by atoms with Crippen molar-refractivity contribution in [3.63, 3.8) is 0 Å². The molecule has 0 fully saturated rings. The second-order valence-corrected chi connectivity index (χ2v) is 5.45. The van der Waals surface area contributed by atoms with Gasteiger partial charge in [-0.15, -0.1) is 0 Å². The molecule has 1 unspecified atom stereocenters. The number of halogens is 3. The molecule has 2 aromatic rings. The number of hydrogen-bond donors (Lipinski definition) is 1. The van der Waals surface area contributed by atoms with Crippen LogP contribution in [0.4, 0.5) is 0 Å². The summed E-state index contributed by atoms with van der Waals surface area (Å²) < 4.78 is 7.09. The Balaban J connectivity index is 2.41. The second kappa shape index (κ2) is 4.92. The minimum Gasteiger partial charge on any atom is -0.466 e. The molecule has 0 radical (unpaired) electrons. The van der Waals surface area contributed by atoms with E-state index in [9.17, 15) is 0 Å². The predicted octanol–water partition coefficient (Wildman–Crippen LogP) is 4.51. The number of hydrogen-bond acceptors (Lipinski definition) is 2. The van der Waals surface area contributed by atoms with Gasteiger partial charge in [0.2, 0.25) is 0 Å². The fourth-order valence-corrected chi connectivity index (χ4v) is 2.66. The van der Waals surface area contributed by atoms with Crippen molar-refractivity contribution in [3.8, 4) is 0 Å². The summed E-state index contributed by atoms with van der Waals surface area (Å²) >= 11 is 12.9. The standard InChI is InChI=1S/C11H8Br2ClNO/c12-6-1-2-7(9(14)5-6)10(15)11-8(13)3-4-16-11/h1-5,10H,15H2. The highest BCUT2D eigenvalue weighted by atomic mass is 79.9. The van der Waals surface area contributed by atoms with E-state index in [0.29, 0.717) is 10.8 Å². The number of rotatable bonds is 2. The van der Waals surface area contributed by atoms with E-state index in [2.05, 4.69) is 31.9 Å². The van der Waals surface area contributed by atoms with Gasteiger partial charge in [-0.05, 0) is 39.7 Å². The van der Waals surface area contributed by atoms with E-state index in [-0.39, 0.29) is 6.04 Å². The van der Waals surface area contributed by atoms with Crippen molar-refractivity contribution >= 4 is 43.5 Å². The molecule has 5 heteroatoms. The van der Waals surface area contributed by atoms with Crippen LogP contribution in [0.3, 0.4) is 0 Å². The van der Waals surface area contributed by atoms with E-state index >= 15 is 0 Å². The van der Waals surface area contributed by atoms with Crippen LogP contribution in [-0.4, -0.2) is 0 Å². The zero-order chi connectivity index (χ0) is 11.7. The van der Waals surface area contributed by atoms with Crippen LogP contribution >= 0.6 is 43.5 Å². The maximum Gasteiger partial charge on any atom is 0.139 e. The molecule has 1 aromatic carbocycles. The lowest BCUT2D eigenvalue weighted by Gasteiger charge is -2.12. The molecule has 84 valence electrons. The van der Waals surface area contributed by atoms with E-state index in [1.54, 1.807) is 6.26 Å². The second-order valence-electron chi connectivity index (χ2n) is 3.28. The molecule has 0 aliphatic rings. The largest absolute Gasteiger partial charge is 0.466 e. The van der Waals surface area contributed by atoms with Crippen LogP contribution in [0, 0.1) is 0 Å². The lowest BCUT2D eigenvalue weighted by atomic mass is 10.1. The van der Waals surface area contributed by atoms with Crippen LogP contribution < -0.4 is 5.73 Å². The number of nitrogens with two attached hydrogens (primary N) is 1. The summed E-state index contributed by atoms with van der Waals surface area (Å²) in [5, 5.41) is 0.616. The van der Waals surface area contributed by atoms with Gasteiger partial charge in [0.15, 0.2) is 0 Å². The van der Waals surface area contributed by atoms with E-state index in [0.717, 1.165) is 14.5 Å². The van der Waals surface area contributed by atoms with Gasteiger partial charge in [0.05, 0.1) is 16.8 Å². The Labute approximate surface area is 115 Å². The van der Waals surface area contributed by atoms with Crippen LogP contribution in [0.2, 0.25) is 5.02 Å². The van der Waals surface area contributed by atoms with E-state index in [1.807, 2.05) is 24.3 Å². The van der Waals surface area contributed by atoms with Gasteiger partial charge in [-0.25, -0.2) is 0 Å². The summed E-state index contributed by atoms with van der Waals surface area (Å²) in [6, 6.07) is 7.03. The molecule has 0 bridgehead atoms. The first-order valence-electron chi connectivity index (χ1n) is 4.53. The summed E-state index contributed by atoms with van der Waals surface area (Å²) in [5.41, 5.74) is 6.92. The lowest BCUT2D eigenvalue weighted by Crippen LogP contribution is -2.12. The van der Waals surface area contributed by atoms with Crippen molar-refractivity contribution in [2.45, 2.75) is 6.04 Å². The van der Waals surface area contributed by atoms with E-state index in [4.69, 9.17) is 21.8 Å². The Bertz CT molecular complexity index is 512. The molecular formula is C11H8Br2ClNO. The van der Waals surface area contributed by atoms with Crippen LogP contribution in [0.25, 0.3) is 0 Å². The third-order valence-corrected chi connectivity index (χ3v) is 3.70. The van der Waals surface area contributed by atoms with Crippen LogP contribution in [-0.2, 0) is 0 Å². The van der Waals surface area contributed by atoms with Gasteiger partial charge < -0.3 is 10.2 Å². The Kier molecular flexibility index (Phi) is 3.74. The molecule has 2 N–H and O–H groups in total. The van der Waals surface area contributed by atoms with Gasteiger partial charge in [0.25, 0.3) is 0 Å². The normalized spacial score (nSPS) is 12.8. The number of furan rings is 1. The first-order valence-corrected chi connectivity index (χ1v) is 6.49. The van der Waals surface area contributed by atoms with E-state index < -0.39 is 0 Å². The Morgan fingerprint density at radius 2 is 2.00 bits per heavy atom. The molecule has 0 spiro atoms. The third kappa shape index (κ3) is 2.35. The highest BCUT2D eigenvalue weighted by Gasteiger charge is 2.18. The minimum atomic E-state index is -0.370. The lowest BCUT2D eigenvalue weighted by molar-refractivity contribution is 0.487. The highest BCUT2D eigenvalue weighted by Crippen LogP contribution is 2.32. The zero-order valence-electron chi connectivity index (χ0n) is 8.08. The maximum absolute atomic E-state index is 6.13. The highest BCUT2D eigenvalue weighted by molar-refractivity contribution is 9.10. The van der Waals surface area contributed by atoms with Gasteiger partial charge in [0, 0.05) is 9.50 Å². The molecule has 0 aliphatic carbocycles. The maximum atomic E-state index is 6.13. The van der Waals surface area contributed by atoms with Crippen molar-refractivity contribution in [2.24, 2.45) is 5.73 Å². The van der Waals surface area contributed by atoms with Crippen molar-refractivity contribution in [1.82, 2.24) is 0 Å². The fraction of sp³-hybridized carbons (Fsp3) is 0.0909. The van der Waals surface area contributed by atoms with Crippen LogP contribution in [0.15, 0.2) is 43.9 Å². The molecule has 2 rings (SSSR count). The molecular weight excluding hydrogens is 357 g/mol. The molecule has 0 saturated heterocycles. The van der Waals surface area contributed by atoms with Crippen LogP contribution in [0.5, 0.6) is 0 Å². The SMILES string of the molecule is NC(c1ccc(Br)cc1Cl)c1occc1Br. The van der Waals surface area contributed by atoms with Crippen molar-refractivity contribution in [2.75, 3.05) is 0 Å². The van der Waals surface area contributed by atoms with Crippen molar-refractivity contribution in [3.05, 3.63) is 55.8 Å². The first-order chi connectivity index (χ1) is 7.59. The summed E-state index contributed by atoms with van der Waals surface area (Å²) in [5.74, 6) is 0.671. The van der Waals surface area contributed by atoms with E-state index in [1.165, 1.54) is 0 Å². The molecule has 0 saturated carbocycles. The Morgan fingerprint density at radius 1 is 1.25 bits per heavy atom. The van der Waals surface area contributed by atoms with Crippen molar-refractivity contribution in [1.29, 1.82) is 0 Å². The molecule has 1 atom stereocenters. The van der Waals surface area contributed by atoms with Gasteiger partial charge in [0.1, 0.15) is 5.76 Å². The molecule has 2 nitrogen and oxygen atoms in total. The summed E-state index contributed by atoms with van der Waals surface area (Å²) in [7, 11) is 0. The molecule has 1 aromatic heterocycles. The van der Waals surface area contributed by atoms with Gasteiger partial charge >= 0.3 is 0 Å². The average molecular weight is 365 g/mol. The molecule has 0 aliphatic heterocycles. The molecule has 16 heavy (non-hydrogen) atoms. The smallest absolute Gasteiger partial charge is 0.139 e.